The summed E-state index contributed by atoms with van der Waals surface area (Å²) in [6.45, 7) is 5.67. The summed E-state index contributed by atoms with van der Waals surface area (Å²) in [6, 6.07) is 26.7. The van der Waals surface area contributed by atoms with E-state index >= 15 is 0 Å². The highest BCUT2D eigenvalue weighted by atomic mass is 16.5. The lowest BCUT2D eigenvalue weighted by molar-refractivity contribution is 0.210. The Morgan fingerprint density at radius 3 is 2.36 bits per heavy atom. The van der Waals surface area contributed by atoms with Crippen LogP contribution in [0.2, 0.25) is 0 Å². The minimum Gasteiger partial charge on any atom is -0.493 e. The van der Waals surface area contributed by atoms with Gasteiger partial charge >= 0.3 is 0 Å². The monoisotopic (exact) mass is 375 g/mol. The average Bonchev–Trinajstić information content (AvgIpc) is 2.73. The zero-order chi connectivity index (χ0) is 19.6. The van der Waals surface area contributed by atoms with E-state index in [0.717, 1.165) is 36.6 Å². The fraction of sp³-hybridized carbons (Fsp3) is 0.280. The third kappa shape index (κ3) is 6.34. The minimum absolute atomic E-state index is 0.128. The summed E-state index contributed by atoms with van der Waals surface area (Å²) in [7, 11) is 0. The van der Waals surface area contributed by atoms with Crippen LogP contribution in [0, 0.1) is 6.92 Å². The summed E-state index contributed by atoms with van der Waals surface area (Å²) in [6.07, 6.45) is 1.99. The Bertz CT molecular complexity index is 831. The minimum atomic E-state index is 0.128. The second-order valence-corrected chi connectivity index (χ2v) is 6.95. The summed E-state index contributed by atoms with van der Waals surface area (Å²) in [5.74, 6) is 1.82. The molecule has 3 aromatic rings. The molecule has 0 aliphatic heterocycles. The molecule has 1 atom stereocenters. The Balaban J connectivity index is 1.44. The van der Waals surface area contributed by atoms with E-state index in [-0.39, 0.29) is 6.10 Å². The van der Waals surface area contributed by atoms with Gasteiger partial charge in [-0.3, -0.25) is 0 Å². The van der Waals surface area contributed by atoms with Crippen molar-refractivity contribution in [1.29, 1.82) is 0 Å². The Morgan fingerprint density at radius 1 is 0.857 bits per heavy atom. The van der Waals surface area contributed by atoms with E-state index in [4.69, 9.17) is 9.47 Å². The van der Waals surface area contributed by atoms with Crippen LogP contribution in [0.1, 0.15) is 24.5 Å². The topological polar surface area (TPSA) is 30.5 Å². The molecule has 0 fully saturated rings. The Labute approximate surface area is 168 Å². The highest BCUT2D eigenvalue weighted by Gasteiger charge is 2.08. The van der Waals surface area contributed by atoms with Gasteiger partial charge in [0, 0.05) is 12.1 Å². The standard InChI is InChI=1S/C25H29NO2/c1-3-23(28-25-11-7-8-20(2)18-25)19-26-22-12-14-24(15-13-22)27-17-16-21-9-5-4-6-10-21/h4-15,18,23,26H,3,16-17,19H2,1-2H3/t23-/m0/s1. The number of hydrogen-bond donors (Lipinski definition) is 1. The van der Waals surface area contributed by atoms with Crippen molar-refractivity contribution in [2.75, 3.05) is 18.5 Å². The normalized spacial score (nSPS) is 11.6. The van der Waals surface area contributed by atoms with Crippen LogP contribution in [-0.2, 0) is 6.42 Å². The lowest BCUT2D eigenvalue weighted by atomic mass is 10.2. The van der Waals surface area contributed by atoms with Gasteiger partial charge in [0.2, 0.25) is 0 Å². The SMILES string of the molecule is CC[C@@H](CNc1ccc(OCCc2ccccc2)cc1)Oc1cccc(C)c1. The number of ether oxygens (including phenoxy) is 2. The molecule has 3 rings (SSSR count). The van der Waals surface area contributed by atoms with Gasteiger partial charge < -0.3 is 14.8 Å². The number of nitrogens with one attached hydrogen (secondary N) is 1. The van der Waals surface area contributed by atoms with Crippen LogP contribution in [0.3, 0.4) is 0 Å². The van der Waals surface area contributed by atoms with Crippen molar-refractivity contribution in [2.45, 2.75) is 32.8 Å². The van der Waals surface area contributed by atoms with Gasteiger partial charge in [0.25, 0.3) is 0 Å². The fourth-order valence-corrected chi connectivity index (χ4v) is 2.98. The molecule has 1 N–H and O–H groups in total. The molecule has 3 nitrogen and oxygen atoms in total. The maximum Gasteiger partial charge on any atom is 0.120 e. The third-order valence-corrected chi connectivity index (χ3v) is 4.64. The highest BCUT2D eigenvalue weighted by Crippen LogP contribution is 2.18. The molecule has 0 unspecified atom stereocenters. The molecule has 146 valence electrons. The zero-order valence-electron chi connectivity index (χ0n) is 16.7. The van der Waals surface area contributed by atoms with Crippen molar-refractivity contribution in [3.63, 3.8) is 0 Å². The molecule has 0 saturated carbocycles. The number of anilines is 1. The number of benzene rings is 3. The van der Waals surface area contributed by atoms with Crippen molar-refractivity contribution >= 4 is 5.69 Å². The van der Waals surface area contributed by atoms with Crippen LogP contribution in [0.4, 0.5) is 5.69 Å². The van der Waals surface area contributed by atoms with Crippen molar-refractivity contribution in [3.8, 4) is 11.5 Å². The summed E-state index contributed by atoms with van der Waals surface area (Å²) in [5.41, 5.74) is 3.57. The lowest BCUT2D eigenvalue weighted by Gasteiger charge is -2.19. The molecule has 0 aliphatic rings. The molecule has 0 spiro atoms. The van der Waals surface area contributed by atoms with Gasteiger partial charge in [0.05, 0.1) is 13.2 Å². The Morgan fingerprint density at radius 2 is 1.64 bits per heavy atom. The predicted molar refractivity (Wildman–Crippen MR) is 116 cm³/mol. The van der Waals surface area contributed by atoms with E-state index in [9.17, 15) is 0 Å². The molecule has 3 heteroatoms. The maximum absolute atomic E-state index is 6.10. The van der Waals surface area contributed by atoms with Gasteiger partial charge in [-0.05, 0) is 60.9 Å². The first-order valence-corrected chi connectivity index (χ1v) is 9.97. The molecule has 0 saturated heterocycles. The van der Waals surface area contributed by atoms with E-state index in [2.05, 4.69) is 67.7 Å². The van der Waals surface area contributed by atoms with Gasteiger partial charge in [-0.2, -0.15) is 0 Å². The lowest BCUT2D eigenvalue weighted by Crippen LogP contribution is -2.25. The predicted octanol–water partition coefficient (Wildman–Crippen LogP) is 5.89. The smallest absolute Gasteiger partial charge is 0.120 e. The average molecular weight is 376 g/mol. The molecule has 3 aromatic carbocycles. The van der Waals surface area contributed by atoms with Gasteiger partial charge in [-0.1, -0.05) is 49.4 Å². The van der Waals surface area contributed by atoms with Gasteiger partial charge in [0.1, 0.15) is 17.6 Å². The fourth-order valence-electron chi connectivity index (χ4n) is 2.98. The Kier molecular flexibility index (Phi) is 7.36. The first kappa shape index (κ1) is 19.8. The summed E-state index contributed by atoms with van der Waals surface area (Å²) < 4.78 is 11.9. The van der Waals surface area contributed by atoms with E-state index in [1.54, 1.807) is 0 Å². The molecule has 0 bridgehead atoms. The van der Waals surface area contributed by atoms with Crippen LogP contribution in [-0.4, -0.2) is 19.3 Å². The van der Waals surface area contributed by atoms with Gasteiger partial charge in [-0.25, -0.2) is 0 Å². The molecule has 0 heterocycles. The van der Waals surface area contributed by atoms with Crippen LogP contribution < -0.4 is 14.8 Å². The number of rotatable bonds is 10. The molecule has 0 radical (unpaired) electrons. The van der Waals surface area contributed by atoms with Crippen LogP contribution in [0.15, 0.2) is 78.9 Å². The molecular formula is C25H29NO2. The van der Waals surface area contributed by atoms with Crippen molar-refractivity contribution in [1.82, 2.24) is 0 Å². The van der Waals surface area contributed by atoms with Crippen molar-refractivity contribution < 1.29 is 9.47 Å². The zero-order valence-corrected chi connectivity index (χ0v) is 16.7. The quantitative estimate of drug-likeness (QED) is 0.479. The van der Waals surface area contributed by atoms with Crippen LogP contribution >= 0.6 is 0 Å². The first-order valence-electron chi connectivity index (χ1n) is 9.97. The van der Waals surface area contributed by atoms with Crippen molar-refractivity contribution in [2.24, 2.45) is 0 Å². The van der Waals surface area contributed by atoms with E-state index in [1.807, 2.05) is 30.3 Å². The van der Waals surface area contributed by atoms with Gasteiger partial charge in [-0.15, -0.1) is 0 Å². The van der Waals surface area contributed by atoms with E-state index in [0.29, 0.717) is 6.61 Å². The number of hydrogen-bond acceptors (Lipinski definition) is 3. The molecule has 0 aliphatic carbocycles. The molecule has 28 heavy (non-hydrogen) atoms. The Hall–Kier alpha value is -2.94. The van der Waals surface area contributed by atoms with E-state index in [1.165, 1.54) is 11.1 Å². The van der Waals surface area contributed by atoms with Crippen LogP contribution in [0.5, 0.6) is 11.5 Å². The highest BCUT2D eigenvalue weighted by molar-refractivity contribution is 5.46. The summed E-state index contributed by atoms with van der Waals surface area (Å²) >= 11 is 0. The number of aryl methyl sites for hydroxylation is 1. The summed E-state index contributed by atoms with van der Waals surface area (Å²) in [5, 5.41) is 3.46. The first-order chi connectivity index (χ1) is 13.7. The second kappa shape index (κ2) is 10.4. The van der Waals surface area contributed by atoms with E-state index < -0.39 is 0 Å². The van der Waals surface area contributed by atoms with Gasteiger partial charge in [0.15, 0.2) is 0 Å². The maximum atomic E-state index is 6.10. The second-order valence-electron chi connectivity index (χ2n) is 6.95. The summed E-state index contributed by atoms with van der Waals surface area (Å²) in [4.78, 5) is 0. The molecular weight excluding hydrogens is 346 g/mol. The molecule has 0 aromatic heterocycles. The molecule has 0 amide bonds. The largest absolute Gasteiger partial charge is 0.493 e. The third-order valence-electron chi connectivity index (χ3n) is 4.64. The van der Waals surface area contributed by atoms with Crippen LogP contribution in [0.25, 0.3) is 0 Å². The van der Waals surface area contributed by atoms with Crippen molar-refractivity contribution in [3.05, 3.63) is 90.0 Å².